The highest BCUT2D eigenvalue weighted by molar-refractivity contribution is 4.39. The Bertz CT molecular complexity index is 97.0. The van der Waals surface area contributed by atoms with E-state index in [-0.39, 0.29) is 17.0 Å². The van der Waals surface area contributed by atoms with Gasteiger partial charge < -0.3 is 31.7 Å². The number of hydrogen-bond acceptors (Lipinski definition) is 2. The molecule has 0 aliphatic heterocycles. The van der Waals surface area contributed by atoms with Gasteiger partial charge in [-0.1, -0.05) is 0 Å². The van der Waals surface area contributed by atoms with E-state index >= 15 is 0 Å². The molecule has 0 saturated heterocycles. The summed E-state index contributed by atoms with van der Waals surface area (Å²) in [6.07, 6.45) is -1.17. The van der Waals surface area contributed by atoms with Gasteiger partial charge in [0.05, 0.1) is 19.6 Å². The summed E-state index contributed by atoms with van der Waals surface area (Å²) in [7, 11) is 0. The van der Waals surface area contributed by atoms with Gasteiger partial charge in [0, 0.05) is 0 Å². The van der Waals surface area contributed by atoms with E-state index in [1.165, 1.54) is 0 Å². The maximum atomic E-state index is 8.82. The van der Waals surface area contributed by atoms with Gasteiger partial charge in [0.2, 0.25) is 6.29 Å². The summed E-state index contributed by atoms with van der Waals surface area (Å²) >= 11 is 0. The molecule has 0 heterocycles. The number of likely N-dealkylation sites (N-methyl/N-ethyl adjacent to an activating group) is 1. The Balaban J connectivity index is 0. The summed E-state index contributed by atoms with van der Waals surface area (Å²) < 4.78 is 0.789. The Morgan fingerprint density at radius 3 is 1.42 bits per heavy atom. The highest BCUT2D eigenvalue weighted by Crippen LogP contribution is 2.05. The standard InChI is InChI=1S/C8H20NO2.BrH/c1-4-9(5-2,6-3)7-8(10)11;/h8,10-11H,4-7H2,1-3H3;1H/q+1;/p-1. The van der Waals surface area contributed by atoms with Crippen molar-refractivity contribution in [3.05, 3.63) is 0 Å². The fraction of sp³-hybridized carbons (Fsp3) is 1.00. The molecule has 0 aliphatic carbocycles. The SMILES string of the molecule is CC[N+](CC)(CC)CC(O)O.[Br-]. The summed E-state index contributed by atoms with van der Waals surface area (Å²) in [5, 5.41) is 17.6. The van der Waals surface area contributed by atoms with Gasteiger partial charge in [-0.25, -0.2) is 0 Å². The van der Waals surface area contributed by atoms with Crippen molar-refractivity contribution in [2.24, 2.45) is 0 Å². The molecule has 4 heteroatoms. The van der Waals surface area contributed by atoms with Crippen LogP contribution in [0.25, 0.3) is 0 Å². The molecule has 0 aromatic rings. The molecule has 12 heavy (non-hydrogen) atoms. The lowest BCUT2D eigenvalue weighted by Crippen LogP contribution is -3.00. The lowest BCUT2D eigenvalue weighted by atomic mass is 10.3. The molecular formula is C8H20BrNO2. The number of quaternary nitrogens is 1. The third-order valence-electron chi connectivity index (χ3n) is 2.56. The van der Waals surface area contributed by atoms with Crippen LogP contribution in [0.2, 0.25) is 0 Å². The molecule has 0 saturated carbocycles. The van der Waals surface area contributed by atoms with Crippen molar-refractivity contribution in [2.75, 3.05) is 26.2 Å². The van der Waals surface area contributed by atoms with E-state index in [0.717, 1.165) is 24.1 Å². The minimum Gasteiger partial charge on any atom is -1.00 e. The molecular weight excluding hydrogens is 222 g/mol. The van der Waals surface area contributed by atoms with E-state index < -0.39 is 6.29 Å². The molecule has 76 valence electrons. The van der Waals surface area contributed by atoms with Gasteiger partial charge >= 0.3 is 0 Å². The first-order chi connectivity index (χ1) is 5.10. The second-order valence-electron chi connectivity index (χ2n) is 2.95. The fourth-order valence-electron chi connectivity index (χ4n) is 1.40. The van der Waals surface area contributed by atoms with E-state index in [1.54, 1.807) is 0 Å². The average Bonchev–Trinajstić information content (AvgIpc) is 2.00. The van der Waals surface area contributed by atoms with Crippen molar-refractivity contribution in [1.82, 2.24) is 0 Å². The zero-order valence-corrected chi connectivity index (χ0v) is 9.71. The Labute approximate surface area is 85.4 Å². The minimum atomic E-state index is -1.17. The summed E-state index contributed by atoms with van der Waals surface area (Å²) in [6.45, 7) is 9.57. The van der Waals surface area contributed by atoms with Gasteiger partial charge in [-0.15, -0.1) is 0 Å². The first kappa shape index (κ1) is 14.9. The highest BCUT2D eigenvalue weighted by atomic mass is 79.9. The third-order valence-corrected chi connectivity index (χ3v) is 2.56. The Morgan fingerprint density at radius 2 is 1.33 bits per heavy atom. The number of nitrogens with zero attached hydrogens (tertiary/aromatic N) is 1. The monoisotopic (exact) mass is 241 g/mol. The van der Waals surface area contributed by atoms with Crippen LogP contribution in [0.5, 0.6) is 0 Å². The van der Waals surface area contributed by atoms with Crippen LogP contribution in [-0.4, -0.2) is 47.2 Å². The first-order valence-corrected chi connectivity index (χ1v) is 4.31. The predicted octanol–water partition coefficient (Wildman–Crippen LogP) is -2.82. The maximum absolute atomic E-state index is 8.82. The lowest BCUT2D eigenvalue weighted by Gasteiger charge is -2.36. The van der Waals surface area contributed by atoms with Crippen LogP contribution in [0.1, 0.15) is 20.8 Å². The van der Waals surface area contributed by atoms with Gasteiger partial charge in [0.25, 0.3) is 0 Å². The molecule has 0 aliphatic rings. The molecule has 0 fully saturated rings. The van der Waals surface area contributed by atoms with E-state index in [9.17, 15) is 0 Å². The predicted molar refractivity (Wildman–Crippen MR) is 45.0 cm³/mol. The van der Waals surface area contributed by atoms with E-state index in [1.807, 2.05) is 0 Å². The van der Waals surface area contributed by atoms with Crippen LogP contribution in [-0.2, 0) is 0 Å². The van der Waals surface area contributed by atoms with Gasteiger partial charge in [0.1, 0.15) is 6.54 Å². The average molecular weight is 242 g/mol. The molecule has 0 spiro atoms. The van der Waals surface area contributed by atoms with Crippen molar-refractivity contribution in [1.29, 1.82) is 0 Å². The van der Waals surface area contributed by atoms with Gasteiger partial charge in [-0.05, 0) is 20.8 Å². The number of hydrogen-bond donors (Lipinski definition) is 2. The lowest BCUT2D eigenvalue weighted by molar-refractivity contribution is -0.928. The summed E-state index contributed by atoms with van der Waals surface area (Å²) in [5.41, 5.74) is 0. The quantitative estimate of drug-likeness (QED) is 0.403. The van der Waals surface area contributed by atoms with Gasteiger partial charge in [0.15, 0.2) is 0 Å². The smallest absolute Gasteiger partial charge is 0.202 e. The molecule has 0 bridgehead atoms. The van der Waals surface area contributed by atoms with Crippen molar-refractivity contribution in [3.63, 3.8) is 0 Å². The zero-order chi connectivity index (χ0) is 8.91. The molecule has 0 atom stereocenters. The maximum Gasteiger partial charge on any atom is 0.202 e. The Hall–Kier alpha value is 0.360. The van der Waals surface area contributed by atoms with Gasteiger partial charge in [-0.2, -0.15) is 0 Å². The molecule has 0 aromatic carbocycles. The molecule has 3 nitrogen and oxygen atoms in total. The number of rotatable bonds is 5. The van der Waals surface area contributed by atoms with Crippen molar-refractivity contribution < 1.29 is 31.7 Å². The molecule has 0 radical (unpaired) electrons. The Kier molecular flexibility index (Phi) is 8.46. The van der Waals surface area contributed by atoms with Crippen molar-refractivity contribution in [2.45, 2.75) is 27.1 Å². The van der Waals surface area contributed by atoms with Crippen LogP contribution < -0.4 is 17.0 Å². The van der Waals surface area contributed by atoms with Crippen LogP contribution in [0.3, 0.4) is 0 Å². The number of halogens is 1. The molecule has 0 unspecified atom stereocenters. The van der Waals surface area contributed by atoms with E-state index in [4.69, 9.17) is 10.2 Å². The van der Waals surface area contributed by atoms with Crippen molar-refractivity contribution >= 4 is 0 Å². The number of aliphatic hydroxyl groups excluding tert-OH is 1. The van der Waals surface area contributed by atoms with Crippen LogP contribution in [0.15, 0.2) is 0 Å². The molecule has 0 amide bonds. The van der Waals surface area contributed by atoms with Crippen molar-refractivity contribution in [3.8, 4) is 0 Å². The van der Waals surface area contributed by atoms with Crippen LogP contribution in [0, 0.1) is 0 Å². The van der Waals surface area contributed by atoms with Gasteiger partial charge in [-0.3, -0.25) is 0 Å². The highest BCUT2D eigenvalue weighted by Gasteiger charge is 2.23. The summed E-state index contributed by atoms with van der Waals surface area (Å²) in [5.74, 6) is 0. The van der Waals surface area contributed by atoms with E-state index in [2.05, 4.69) is 20.8 Å². The summed E-state index contributed by atoms with van der Waals surface area (Å²) in [4.78, 5) is 0. The van der Waals surface area contributed by atoms with E-state index in [0.29, 0.717) is 6.54 Å². The normalized spacial score (nSPS) is 11.5. The minimum absolute atomic E-state index is 0. The third kappa shape index (κ3) is 4.40. The molecule has 0 rings (SSSR count). The summed E-state index contributed by atoms with van der Waals surface area (Å²) in [6, 6.07) is 0. The topological polar surface area (TPSA) is 40.5 Å². The van der Waals surface area contributed by atoms with Crippen LogP contribution in [0.4, 0.5) is 0 Å². The second kappa shape index (κ2) is 6.83. The largest absolute Gasteiger partial charge is 1.00 e. The zero-order valence-electron chi connectivity index (χ0n) is 8.13. The van der Waals surface area contributed by atoms with Crippen LogP contribution >= 0.6 is 0 Å². The second-order valence-corrected chi connectivity index (χ2v) is 2.95. The Morgan fingerprint density at radius 1 is 1.00 bits per heavy atom. The fourth-order valence-corrected chi connectivity index (χ4v) is 1.40. The molecule has 2 N–H and O–H groups in total. The molecule has 0 aromatic heterocycles. The first-order valence-electron chi connectivity index (χ1n) is 4.31. The number of aliphatic hydroxyl groups is 2.